The molecular weight excluding hydrogens is 522 g/mol. The van der Waals surface area contributed by atoms with Crippen molar-refractivity contribution in [1.29, 1.82) is 0 Å². The molecule has 2 aliphatic heterocycles. The summed E-state index contributed by atoms with van der Waals surface area (Å²) in [6.07, 6.45) is 6.71. The van der Waals surface area contributed by atoms with Gasteiger partial charge < -0.3 is 29.1 Å². The van der Waals surface area contributed by atoms with Crippen LogP contribution >= 0.6 is 0 Å². The number of hydrogen-bond acceptors (Lipinski definition) is 7. The van der Waals surface area contributed by atoms with Crippen LogP contribution < -0.4 is 14.2 Å². The summed E-state index contributed by atoms with van der Waals surface area (Å²) >= 11 is 0. The fraction of sp³-hybridized carbons (Fsp3) is 0.750. The van der Waals surface area contributed by atoms with Crippen LogP contribution in [-0.2, 0) is 9.59 Å². The molecule has 3 atom stereocenters. The summed E-state index contributed by atoms with van der Waals surface area (Å²) in [6.45, 7) is 12.0. The number of carbonyl (C=O) groups excluding carboxylic acids is 1. The predicted molar refractivity (Wildman–Crippen MR) is 161 cm³/mol. The maximum absolute atomic E-state index is 13.8. The van der Waals surface area contributed by atoms with E-state index in [4.69, 9.17) is 14.2 Å². The molecule has 1 saturated heterocycles. The van der Waals surface area contributed by atoms with Crippen LogP contribution in [0, 0.1) is 11.3 Å². The standard InChI is InChI=1S/C32H53N3O6/c1-8-10-15-34(16-12-11-14-33(5)6)28(36)21-35-20-24(23-17-26(39-7)30-27(18-23)40-22-41-30)29(31(37)38)25(35)19-32(3,4)13-9-2/h17-18,24-25,29H,8-16,19-22H2,1-7H3,(H,37,38)/t24-,25+,29?/m1/s1. The molecule has 9 nitrogen and oxygen atoms in total. The van der Waals surface area contributed by atoms with Gasteiger partial charge in [-0.15, -0.1) is 0 Å². The van der Waals surface area contributed by atoms with Gasteiger partial charge in [-0.25, -0.2) is 0 Å². The van der Waals surface area contributed by atoms with Crippen LogP contribution in [0.3, 0.4) is 0 Å². The molecule has 2 heterocycles. The summed E-state index contributed by atoms with van der Waals surface area (Å²) < 4.78 is 16.8. The molecule has 1 fully saturated rings. The molecular formula is C32H53N3O6. The number of rotatable bonds is 17. The highest BCUT2D eigenvalue weighted by molar-refractivity contribution is 5.79. The molecule has 0 aliphatic carbocycles. The molecule has 1 amide bonds. The molecule has 0 saturated carbocycles. The number of amides is 1. The Morgan fingerprint density at radius 2 is 1.78 bits per heavy atom. The predicted octanol–water partition coefficient (Wildman–Crippen LogP) is 5.08. The fourth-order valence-corrected chi connectivity index (χ4v) is 6.51. The van der Waals surface area contributed by atoms with Crippen molar-refractivity contribution in [2.24, 2.45) is 11.3 Å². The minimum absolute atomic E-state index is 0.0516. The molecule has 1 aromatic rings. The first kappa shape index (κ1) is 33.0. The lowest BCUT2D eigenvalue weighted by Gasteiger charge is -2.35. The molecule has 41 heavy (non-hydrogen) atoms. The highest BCUT2D eigenvalue weighted by Gasteiger charge is 2.49. The van der Waals surface area contributed by atoms with E-state index in [1.165, 1.54) is 0 Å². The minimum Gasteiger partial charge on any atom is -0.493 e. The summed E-state index contributed by atoms with van der Waals surface area (Å²) in [5, 5.41) is 10.6. The third kappa shape index (κ3) is 8.74. The van der Waals surface area contributed by atoms with E-state index in [2.05, 4.69) is 51.6 Å². The second-order valence-corrected chi connectivity index (χ2v) is 12.8. The molecule has 1 aromatic carbocycles. The molecule has 1 N–H and O–H groups in total. The van der Waals surface area contributed by atoms with Crippen molar-refractivity contribution < 1.29 is 28.9 Å². The number of carbonyl (C=O) groups is 2. The van der Waals surface area contributed by atoms with Gasteiger partial charge in [-0.05, 0) is 75.9 Å². The van der Waals surface area contributed by atoms with Crippen molar-refractivity contribution in [1.82, 2.24) is 14.7 Å². The van der Waals surface area contributed by atoms with Crippen LogP contribution in [0.1, 0.15) is 84.1 Å². The molecule has 232 valence electrons. The first-order valence-corrected chi connectivity index (χ1v) is 15.4. The molecule has 2 aliphatic rings. The highest BCUT2D eigenvalue weighted by atomic mass is 16.7. The number of benzene rings is 1. The van der Waals surface area contributed by atoms with Crippen LogP contribution in [0.2, 0.25) is 0 Å². The summed E-state index contributed by atoms with van der Waals surface area (Å²) in [4.78, 5) is 33.1. The average Bonchev–Trinajstić information content (AvgIpc) is 3.52. The average molecular weight is 576 g/mol. The normalized spacial score (nSPS) is 20.5. The number of aliphatic carboxylic acids is 1. The Hall–Kier alpha value is -2.52. The Bertz CT molecular complexity index is 1010. The Labute approximate surface area is 247 Å². The number of likely N-dealkylation sites (tertiary alicyclic amines) is 1. The van der Waals surface area contributed by atoms with E-state index >= 15 is 0 Å². The third-order valence-corrected chi connectivity index (χ3v) is 8.59. The number of ether oxygens (including phenoxy) is 3. The Kier molecular flexibility index (Phi) is 12.1. The Balaban J connectivity index is 1.91. The summed E-state index contributed by atoms with van der Waals surface area (Å²) in [5.41, 5.74) is 0.794. The molecule has 3 rings (SSSR count). The van der Waals surface area contributed by atoms with Gasteiger partial charge in [0.25, 0.3) is 0 Å². The lowest BCUT2D eigenvalue weighted by atomic mass is 9.76. The first-order chi connectivity index (χ1) is 19.5. The van der Waals surface area contributed by atoms with Gasteiger partial charge in [0.15, 0.2) is 11.5 Å². The van der Waals surface area contributed by atoms with E-state index < -0.39 is 11.9 Å². The van der Waals surface area contributed by atoms with Crippen molar-refractivity contribution in [2.45, 2.75) is 84.6 Å². The summed E-state index contributed by atoms with van der Waals surface area (Å²) in [7, 11) is 5.71. The molecule has 9 heteroatoms. The monoisotopic (exact) mass is 575 g/mol. The van der Waals surface area contributed by atoms with Crippen LogP contribution in [0.15, 0.2) is 12.1 Å². The Morgan fingerprint density at radius 1 is 1.07 bits per heavy atom. The number of methoxy groups -OCH3 is 1. The van der Waals surface area contributed by atoms with Gasteiger partial charge in [-0.1, -0.05) is 40.5 Å². The van der Waals surface area contributed by atoms with E-state index in [0.29, 0.717) is 30.2 Å². The maximum Gasteiger partial charge on any atom is 0.308 e. The lowest BCUT2D eigenvalue weighted by molar-refractivity contribution is -0.144. The van der Waals surface area contributed by atoms with Gasteiger partial charge >= 0.3 is 5.97 Å². The highest BCUT2D eigenvalue weighted by Crippen LogP contribution is 2.48. The number of carboxylic acids is 1. The van der Waals surface area contributed by atoms with Gasteiger partial charge in [0, 0.05) is 31.6 Å². The van der Waals surface area contributed by atoms with E-state index in [0.717, 1.165) is 63.7 Å². The number of carboxylic acid groups (broad SMARTS) is 1. The Morgan fingerprint density at radius 3 is 2.41 bits per heavy atom. The lowest BCUT2D eigenvalue weighted by Crippen LogP contribution is -2.46. The minimum atomic E-state index is -0.828. The third-order valence-electron chi connectivity index (χ3n) is 8.59. The number of fused-ring (bicyclic) bond motifs is 1. The molecule has 0 spiro atoms. The van der Waals surface area contributed by atoms with Gasteiger partial charge in [-0.2, -0.15) is 0 Å². The van der Waals surface area contributed by atoms with Crippen LogP contribution in [0.25, 0.3) is 0 Å². The smallest absolute Gasteiger partial charge is 0.308 e. The zero-order valence-electron chi connectivity index (χ0n) is 26.4. The van der Waals surface area contributed by atoms with Gasteiger partial charge in [0.05, 0.1) is 19.6 Å². The van der Waals surface area contributed by atoms with Gasteiger partial charge in [0.2, 0.25) is 18.4 Å². The van der Waals surface area contributed by atoms with E-state index in [1.54, 1.807) is 7.11 Å². The second kappa shape index (κ2) is 15.1. The van der Waals surface area contributed by atoms with E-state index in [-0.39, 0.29) is 36.6 Å². The largest absolute Gasteiger partial charge is 0.493 e. The summed E-state index contributed by atoms with van der Waals surface area (Å²) in [6, 6.07) is 3.51. The molecule has 0 radical (unpaired) electrons. The molecule has 0 aromatic heterocycles. The molecule has 1 unspecified atom stereocenters. The van der Waals surface area contributed by atoms with Crippen molar-refractivity contribution in [3.05, 3.63) is 17.7 Å². The van der Waals surface area contributed by atoms with Crippen molar-refractivity contribution in [2.75, 3.05) is 60.7 Å². The zero-order chi connectivity index (χ0) is 30.2. The van der Waals surface area contributed by atoms with Crippen LogP contribution in [-0.4, -0.2) is 98.4 Å². The van der Waals surface area contributed by atoms with Crippen molar-refractivity contribution in [3.8, 4) is 17.2 Å². The van der Waals surface area contributed by atoms with Gasteiger partial charge in [-0.3, -0.25) is 14.5 Å². The van der Waals surface area contributed by atoms with Crippen LogP contribution in [0.4, 0.5) is 0 Å². The van der Waals surface area contributed by atoms with Crippen molar-refractivity contribution in [3.63, 3.8) is 0 Å². The first-order valence-electron chi connectivity index (χ1n) is 15.4. The quantitative estimate of drug-likeness (QED) is 0.257. The van der Waals surface area contributed by atoms with Gasteiger partial charge in [0.1, 0.15) is 0 Å². The zero-order valence-corrected chi connectivity index (χ0v) is 26.4. The number of unbranched alkanes of at least 4 members (excludes halogenated alkanes) is 2. The topological polar surface area (TPSA) is 91.8 Å². The SMILES string of the molecule is CCCCN(CCCCN(C)C)C(=O)CN1C[C@H](c2cc(OC)c3c(c2)OCO3)C(C(=O)O)[C@@H]1CC(C)(C)CCC. The van der Waals surface area contributed by atoms with Crippen molar-refractivity contribution >= 4 is 11.9 Å². The van der Waals surface area contributed by atoms with Crippen LogP contribution in [0.5, 0.6) is 17.2 Å². The fourth-order valence-electron chi connectivity index (χ4n) is 6.51. The second-order valence-electron chi connectivity index (χ2n) is 12.8. The summed E-state index contributed by atoms with van der Waals surface area (Å²) in [5.74, 6) is -0.0393. The molecule has 0 bridgehead atoms. The number of nitrogens with zero attached hydrogens (tertiary/aromatic N) is 3. The van der Waals surface area contributed by atoms with E-state index in [1.807, 2.05) is 17.0 Å². The van der Waals surface area contributed by atoms with E-state index in [9.17, 15) is 14.7 Å². The number of hydrogen-bond donors (Lipinski definition) is 1. The maximum atomic E-state index is 13.8.